The molecule has 1 aromatic rings. The Hall–Kier alpha value is -1.18. The average Bonchev–Trinajstić information content (AvgIpc) is 2.35. The molecule has 0 bridgehead atoms. The molecule has 1 aromatic carbocycles. The van der Waals surface area contributed by atoms with Crippen molar-refractivity contribution >= 4 is 29.9 Å². The van der Waals surface area contributed by atoms with Crippen LogP contribution in [0.25, 0.3) is 0 Å². The summed E-state index contributed by atoms with van der Waals surface area (Å²) in [6, 6.07) is 5.94. The van der Waals surface area contributed by atoms with Gasteiger partial charge in [-0.1, -0.05) is 6.07 Å². The second-order valence-electron chi connectivity index (χ2n) is 3.83. The van der Waals surface area contributed by atoms with Gasteiger partial charge < -0.3 is 20.9 Å². The Morgan fingerprint density at radius 1 is 1.26 bits per heavy atom. The number of ether oxygens (including phenoxy) is 2. The van der Waals surface area contributed by atoms with E-state index < -0.39 is 0 Å². The minimum atomic E-state index is 0. The summed E-state index contributed by atoms with van der Waals surface area (Å²) < 4.78 is 10.8. The van der Waals surface area contributed by atoms with Crippen LogP contribution < -0.4 is 20.9 Å². The van der Waals surface area contributed by atoms with Gasteiger partial charge in [0.15, 0.2) is 17.5 Å². The van der Waals surface area contributed by atoms with Crippen molar-refractivity contribution in [3.05, 3.63) is 23.8 Å². The number of nitrogens with zero attached hydrogens (tertiary/aromatic N) is 1. The van der Waals surface area contributed by atoms with E-state index in [0.29, 0.717) is 13.2 Å². The molecule has 0 aromatic heterocycles. The van der Waals surface area contributed by atoms with Crippen LogP contribution in [0.3, 0.4) is 0 Å². The van der Waals surface area contributed by atoms with Gasteiger partial charge in [0.05, 0.1) is 13.7 Å². The third kappa shape index (κ3) is 6.51. The Kier molecular flexibility index (Phi) is 9.11. The number of halogens is 1. The number of nitrogens with two attached hydrogens (primary N) is 2. The maximum absolute atomic E-state index is 5.52. The van der Waals surface area contributed by atoms with E-state index in [9.17, 15) is 0 Å². The van der Waals surface area contributed by atoms with Gasteiger partial charge in [0.1, 0.15) is 0 Å². The third-order valence-electron chi connectivity index (χ3n) is 2.45. The lowest BCUT2D eigenvalue weighted by Crippen LogP contribution is -2.23. The molecule has 0 saturated carbocycles. The lowest BCUT2D eigenvalue weighted by atomic mass is 10.1. The molecule has 0 aliphatic heterocycles. The van der Waals surface area contributed by atoms with Crippen LogP contribution in [0.1, 0.15) is 18.9 Å². The van der Waals surface area contributed by atoms with Crippen molar-refractivity contribution in [3.8, 4) is 11.5 Å². The Balaban J connectivity index is 0.00000324. The summed E-state index contributed by atoms with van der Waals surface area (Å²) >= 11 is 0. The number of hydrogen-bond donors (Lipinski definition) is 2. The zero-order chi connectivity index (χ0) is 13.4. The average molecular weight is 379 g/mol. The van der Waals surface area contributed by atoms with Crippen LogP contribution in [0.5, 0.6) is 11.5 Å². The minimum Gasteiger partial charge on any atom is -0.493 e. The fourth-order valence-corrected chi connectivity index (χ4v) is 1.64. The molecule has 0 amide bonds. The highest BCUT2D eigenvalue weighted by molar-refractivity contribution is 14.0. The fourth-order valence-electron chi connectivity index (χ4n) is 1.64. The van der Waals surface area contributed by atoms with Crippen LogP contribution in [-0.4, -0.2) is 26.2 Å². The third-order valence-corrected chi connectivity index (χ3v) is 2.45. The lowest BCUT2D eigenvalue weighted by molar-refractivity contribution is 0.310. The van der Waals surface area contributed by atoms with Gasteiger partial charge in [-0.2, -0.15) is 0 Å². The van der Waals surface area contributed by atoms with Crippen LogP contribution >= 0.6 is 24.0 Å². The van der Waals surface area contributed by atoms with E-state index >= 15 is 0 Å². The van der Waals surface area contributed by atoms with E-state index in [4.69, 9.17) is 20.9 Å². The molecular formula is C13H22IN3O2. The molecule has 0 aliphatic rings. The number of guanidine groups is 1. The predicted octanol–water partition coefficient (Wildman–Crippen LogP) is 1.92. The van der Waals surface area contributed by atoms with Gasteiger partial charge in [0, 0.05) is 6.54 Å². The number of methoxy groups -OCH3 is 1. The van der Waals surface area contributed by atoms with Crippen molar-refractivity contribution in [1.82, 2.24) is 0 Å². The zero-order valence-corrected chi connectivity index (χ0v) is 13.7. The van der Waals surface area contributed by atoms with Crippen LogP contribution in [0.15, 0.2) is 23.2 Å². The van der Waals surface area contributed by atoms with Gasteiger partial charge in [-0.05, 0) is 37.5 Å². The number of rotatable bonds is 7. The number of hydrogen-bond acceptors (Lipinski definition) is 3. The summed E-state index contributed by atoms with van der Waals surface area (Å²) in [5, 5.41) is 0. The van der Waals surface area contributed by atoms with Crippen LogP contribution in [0, 0.1) is 0 Å². The molecule has 0 saturated heterocycles. The summed E-state index contributed by atoms with van der Waals surface area (Å²) in [6.45, 7) is 3.21. The molecule has 1 rings (SSSR count). The van der Waals surface area contributed by atoms with E-state index in [1.165, 1.54) is 5.56 Å². The standard InChI is InChI=1S/C13H21N3O2.HI/c1-3-18-12-9-10(6-7-11(12)17-2)5-4-8-16-13(14)15;/h6-7,9H,3-5,8H2,1-2H3,(H4,14,15,16);1H. The Morgan fingerprint density at radius 2 is 2.00 bits per heavy atom. The zero-order valence-electron chi connectivity index (χ0n) is 11.4. The molecule has 0 atom stereocenters. The smallest absolute Gasteiger partial charge is 0.185 e. The van der Waals surface area contributed by atoms with Crippen LogP contribution in [0.2, 0.25) is 0 Å². The fraction of sp³-hybridized carbons (Fsp3) is 0.462. The molecule has 0 spiro atoms. The highest BCUT2D eigenvalue weighted by Crippen LogP contribution is 2.28. The van der Waals surface area contributed by atoms with Gasteiger partial charge in [0.2, 0.25) is 0 Å². The number of benzene rings is 1. The SMILES string of the molecule is CCOc1cc(CCCN=C(N)N)ccc1OC.I. The second kappa shape index (κ2) is 9.71. The Labute approximate surface area is 131 Å². The first kappa shape index (κ1) is 17.8. The molecule has 0 unspecified atom stereocenters. The maximum atomic E-state index is 5.52. The maximum Gasteiger partial charge on any atom is 0.185 e. The molecule has 0 heterocycles. The number of aryl methyl sites for hydroxylation is 1. The molecule has 5 nitrogen and oxygen atoms in total. The quantitative estimate of drug-likeness (QED) is 0.328. The monoisotopic (exact) mass is 379 g/mol. The second-order valence-corrected chi connectivity index (χ2v) is 3.83. The molecule has 108 valence electrons. The van der Waals surface area contributed by atoms with Crippen LogP contribution in [-0.2, 0) is 6.42 Å². The minimum absolute atomic E-state index is 0. The largest absolute Gasteiger partial charge is 0.493 e. The highest BCUT2D eigenvalue weighted by atomic mass is 127. The van der Waals surface area contributed by atoms with E-state index in [1.807, 2.05) is 25.1 Å². The molecule has 6 heteroatoms. The van der Waals surface area contributed by atoms with Gasteiger partial charge >= 0.3 is 0 Å². The summed E-state index contributed by atoms with van der Waals surface area (Å²) in [5.74, 6) is 1.67. The molecule has 4 N–H and O–H groups in total. The normalized spacial score (nSPS) is 9.37. The Bertz CT molecular complexity index is 407. The van der Waals surface area contributed by atoms with Crippen molar-refractivity contribution in [2.75, 3.05) is 20.3 Å². The van der Waals surface area contributed by atoms with Gasteiger partial charge in [0.25, 0.3) is 0 Å². The van der Waals surface area contributed by atoms with Crippen molar-refractivity contribution < 1.29 is 9.47 Å². The molecule has 0 radical (unpaired) electrons. The van der Waals surface area contributed by atoms with E-state index in [2.05, 4.69) is 4.99 Å². The Morgan fingerprint density at radius 3 is 2.58 bits per heavy atom. The van der Waals surface area contributed by atoms with E-state index in [1.54, 1.807) is 7.11 Å². The topological polar surface area (TPSA) is 82.9 Å². The first-order valence-corrected chi connectivity index (χ1v) is 6.02. The first-order valence-electron chi connectivity index (χ1n) is 6.02. The van der Waals surface area contributed by atoms with Crippen molar-refractivity contribution in [1.29, 1.82) is 0 Å². The van der Waals surface area contributed by atoms with E-state index in [-0.39, 0.29) is 29.9 Å². The van der Waals surface area contributed by atoms with Gasteiger partial charge in [-0.25, -0.2) is 0 Å². The lowest BCUT2D eigenvalue weighted by Gasteiger charge is -2.10. The summed E-state index contributed by atoms with van der Waals surface area (Å²) in [4.78, 5) is 3.95. The summed E-state index contributed by atoms with van der Waals surface area (Å²) in [6.07, 6.45) is 1.80. The summed E-state index contributed by atoms with van der Waals surface area (Å²) in [7, 11) is 1.64. The predicted molar refractivity (Wildman–Crippen MR) is 88.6 cm³/mol. The van der Waals surface area contributed by atoms with Crippen molar-refractivity contribution in [2.24, 2.45) is 16.5 Å². The van der Waals surface area contributed by atoms with Gasteiger partial charge in [-0.3, -0.25) is 4.99 Å². The molecule has 0 fully saturated rings. The number of aliphatic imine (C=N–C) groups is 1. The summed E-state index contributed by atoms with van der Waals surface area (Å²) in [5.41, 5.74) is 11.7. The van der Waals surface area contributed by atoms with Crippen molar-refractivity contribution in [2.45, 2.75) is 19.8 Å². The molecule has 19 heavy (non-hydrogen) atoms. The van der Waals surface area contributed by atoms with Gasteiger partial charge in [-0.15, -0.1) is 24.0 Å². The van der Waals surface area contributed by atoms with Crippen LogP contribution in [0.4, 0.5) is 0 Å². The molecular weight excluding hydrogens is 357 g/mol. The highest BCUT2D eigenvalue weighted by Gasteiger charge is 2.04. The van der Waals surface area contributed by atoms with E-state index in [0.717, 1.165) is 24.3 Å². The molecule has 0 aliphatic carbocycles. The van der Waals surface area contributed by atoms with Crippen molar-refractivity contribution in [3.63, 3.8) is 0 Å². The first-order chi connectivity index (χ1) is 8.67.